The van der Waals surface area contributed by atoms with Crippen LogP contribution in [0.3, 0.4) is 0 Å². The monoisotopic (exact) mass is 287 g/mol. The van der Waals surface area contributed by atoms with Gasteiger partial charge in [-0.15, -0.1) is 0 Å². The summed E-state index contributed by atoms with van der Waals surface area (Å²) in [5, 5.41) is 3.43. The minimum absolute atomic E-state index is 0.395. The molecule has 0 aliphatic rings. The predicted octanol–water partition coefficient (Wildman–Crippen LogP) is 3.03. The van der Waals surface area contributed by atoms with Crippen molar-refractivity contribution in [2.75, 3.05) is 24.4 Å². The van der Waals surface area contributed by atoms with Crippen molar-refractivity contribution in [2.24, 2.45) is 0 Å². The van der Waals surface area contributed by atoms with Crippen molar-refractivity contribution >= 4 is 27.7 Å². The Hall–Kier alpha value is -1.23. The first-order valence-corrected chi connectivity index (χ1v) is 6.03. The first-order valence-electron chi connectivity index (χ1n) is 4.90. The topological polar surface area (TPSA) is 47.6 Å². The van der Waals surface area contributed by atoms with Gasteiger partial charge in [-0.25, -0.2) is 4.79 Å². The van der Waals surface area contributed by atoms with Crippen molar-refractivity contribution in [2.45, 2.75) is 6.42 Å². The van der Waals surface area contributed by atoms with Crippen LogP contribution >= 0.6 is 15.9 Å². The van der Waals surface area contributed by atoms with E-state index in [2.05, 4.69) is 21.2 Å². The van der Waals surface area contributed by atoms with Crippen LogP contribution < -0.4 is 10.1 Å². The van der Waals surface area contributed by atoms with Gasteiger partial charge < -0.3 is 9.47 Å². The minimum Gasteiger partial charge on any atom is -0.495 e. The Labute approximate surface area is 103 Å². The molecular formula is C11H14BrNO3. The van der Waals surface area contributed by atoms with Crippen molar-refractivity contribution in [1.29, 1.82) is 0 Å². The molecule has 0 saturated carbocycles. The largest absolute Gasteiger partial charge is 0.495 e. The van der Waals surface area contributed by atoms with Gasteiger partial charge in [0.15, 0.2) is 0 Å². The summed E-state index contributed by atoms with van der Waals surface area (Å²) in [6.07, 6.45) is 0.324. The van der Waals surface area contributed by atoms with E-state index in [9.17, 15) is 4.79 Å². The molecule has 0 aromatic heterocycles. The summed E-state index contributed by atoms with van der Waals surface area (Å²) in [5.41, 5.74) is 0.605. The number of hydrogen-bond acceptors (Lipinski definition) is 3. The molecule has 1 rings (SSSR count). The summed E-state index contributed by atoms with van der Waals surface area (Å²) >= 11 is 3.26. The smallest absolute Gasteiger partial charge is 0.411 e. The lowest BCUT2D eigenvalue weighted by molar-refractivity contribution is 0.162. The third kappa shape index (κ3) is 4.10. The lowest BCUT2D eigenvalue weighted by atomic mass is 10.3. The number of nitrogens with one attached hydrogen (secondary N) is 1. The van der Waals surface area contributed by atoms with Crippen molar-refractivity contribution in [3.05, 3.63) is 24.3 Å². The summed E-state index contributed by atoms with van der Waals surface area (Å²) in [5.74, 6) is 0.611. The van der Waals surface area contributed by atoms with Gasteiger partial charge in [-0.05, 0) is 18.6 Å². The molecule has 0 fully saturated rings. The van der Waals surface area contributed by atoms with Gasteiger partial charge in [-0.3, -0.25) is 5.32 Å². The molecule has 1 aromatic rings. The van der Waals surface area contributed by atoms with E-state index in [0.29, 0.717) is 18.0 Å². The summed E-state index contributed by atoms with van der Waals surface area (Å²) < 4.78 is 10.0. The Morgan fingerprint density at radius 2 is 2.19 bits per heavy atom. The third-order valence-electron chi connectivity index (χ3n) is 1.85. The number of amides is 1. The third-order valence-corrected chi connectivity index (χ3v) is 2.42. The average Bonchev–Trinajstić information content (AvgIpc) is 2.30. The molecule has 88 valence electrons. The van der Waals surface area contributed by atoms with E-state index >= 15 is 0 Å². The molecule has 0 spiro atoms. The second kappa shape index (κ2) is 7.11. The maximum Gasteiger partial charge on any atom is 0.411 e. The zero-order valence-corrected chi connectivity index (χ0v) is 10.6. The highest BCUT2D eigenvalue weighted by Crippen LogP contribution is 2.22. The number of alkyl halides is 1. The van der Waals surface area contributed by atoms with Crippen LogP contribution in [0.5, 0.6) is 5.75 Å². The van der Waals surface area contributed by atoms with E-state index in [0.717, 1.165) is 11.8 Å². The van der Waals surface area contributed by atoms with Crippen molar-refractivity contribution in [3.63, 3.8) is 0 Å². The highest BCUT2D eigenvalue weighted by atomic mass is 79.9. The molecule has 4 nitrogen and oxygen atoms in total. The fourth-order valence-electron chi connectivity index (χ4n) is 1.11. The average molecular weight is 288 g/mol. The second-order valence-electron chi connectivity index (χ2n) is 3.00. The number of para-hydroxylation sites is 2. The van der Waals surface area contributed by atoms with Crippen molar-refractivity contribution < 1.29 is 14.3 Å². The molecule has 1 aromatic carbocycles. The standard InChI is InChI=1S/C11H14BrNO3/c1-15-10-6-3-2-5-9(10)13-11(14)16-8-4-7-12/h2-3,5-6H,4,7-8H2,1H3,(H,13,14). The van der Waals surface area contributed by atoms with E-state index in [4.69, 9.17) is 9.47 Å². The number of rotatable bonds is 5. The van der Waals surface area contributed by atoms with Crippen LogP contribution in [-0.2, 0) is 4.74 Å². The highest BCUT2D eigenvalue weighted by molar-refractivity contribution is 9.09. The number of hydrogen-bond donors (Lipinski definition) is 1. The molecule has 0 atom stereocenters. The lowest BCUT2D eigenvalue weighted by Crippen LogP contribution is -2.15. The maximum atomic E-state index is 11.4. The van der Waals surface area contributed by atoms with Crippen LogP contribution in [0.15, 0.2) is 24.3 Å². The Kier molecular flexibility index (Phi) is 5.71. The summed E-state index contributed by atoms with van der Waals surface area (Å²) in [4.78, 5) is 11.4. The molecule has 1 amide bonds. The molecule has 16 heavy (non-hydrogen) atoms. The normalized spacial score (nSPS) is 9.62. The molecule has 0 radical (unpaired) electrons. The van der Waals surface area contributed by atoms with E-state index in [1.165, 1.54) is 0 Å². The van der Waals surface area contributed by atoms with Crippen LogP contribution in [0.4, 0.5) is 10.5 Å². The van der Waals surface area contributed by atoms with E-state index < -0.39 is 6.09 Å². The molecular weight excluding hydrogens is 274 g/mol. The highest BCUT2D eigenvalue weighted by Gasteiger charge is 2.06. The summed E-state index contributed by atoms with van der Waals surface area (Å²) in [6, 6.07) is 7.18. The van der Waals surface area contributed by atoms with Crippen molar-refractivity contribution in [1.82, 2.24) is 0 Å². The minimum atomic E-state index is -0.467. The van der Waals surface area contributed by atoms with Gasteiger partial charge in [0.1, 0.15) is 5.75 Å². The van der Waals surface area contributed by atoms with Crippen molar-refractivity contribution in [3.8, 4) is 5.75 Å². The van der Waals surface area contributed by atoms with Crippen LogP contribution in [-0.4, -0.2) is 25.1 Å². The Balaban J connectivity index is 2.49. The second-order valence-corrected chi connectivity index (χ2v) is 3.80. The van der Waals surface area contributed by atoms with Gasteiger partial charge in [-0.2, -0.15) is 0 Å². The Bertz CT molecular complexity index is 344. The number of halogens is 1. The van der Waals surface area contributed by atoms with Gasteiger partial charge in [0, 0.05) is 5.33 Å². The van der Waals surface area contributed by atoms with Crippen LogP contribution in [0.25, 0.3) is 0 Å². The molecule has 0 saturated heterocycles. The molecule has 5 heteroatoms. The van der Waals surface area contributed by atoms with Gasteiger partial charge >= 0.3 is 6.09 Å². The van der Waals surface area contributed by atoms with Crippen LogP contribution in [0, 0.1) is 0 Å². The number of methoxy groups -OCH3 is 1. The van der Waals surface area contributed by atoms with Gasteiger partial charge in [0.25, 0.3) is 0 Å². The van der Waals surface area contributed by atoms with E-state index in [-0.39, 0.29) is 0 Å². The van der Waals surface area contributed by atoms with E-state index in [1.54, 1.807) is 19.2 Å². The first-order chi connectivity index (χ1) is 7.77. The number of anilines is 1. The zero-order chi connectivity index (χ0) is 11.8. The first kappa shape index (κ1) is 12.8. The van der Waals surface area contributed by atoms with Gasteiger partial charge in [0.05, 0.1) is 19.4 Å². The van der Waals surface area contributed by atoms with Crippen LogP contribution in [0.2, 0.25) is 0 Å². The molecule has 1 N–H and O–H groups in total. The molecule has 0 aliphatic heterocycles. The molecule has 0 heterocycles. The van der Waals surface area contributed by atoms with E-state index in [1.807, 2.05) is 12.1 Å². The fourth-order valence-corrected chi connectivity index (χ4v) is 1.34. The number of ether oxygens (including phenoxy) is 2. The van der Waals surface area contributed by atoms with Crippen LogP contribution in [0.1, 0.15) is 6.42 Å². The summed E-state index contributed by atoms with van der Waals surface area (Å²) in [7, 11) is 1.55. The zero-order valence-electron chi connectivity index (χ0n) is 9.03. The maximum absolute atomic E-state index is 11.4. The SMILES string of the molecule is COc1ccccc1NC(=O)OCCCBr. The number of carbonyl (C=O) groups is 1. The molecule has 0 aliphatic carbocycles. The quantitative estimate of drug-likeness (QED) is 0.669. The predicted molar refractivity (Wildman–Crippen MR) is 66.4 cm³/mol. The van der Waals surface area contributed by atoms with Gasteiger partial charge in [-0.1, -0.05) is 28.1 Å². The van der Waals surface area contributed by atoms with Gasteiger partial charge in [0.2, 0.25) is 0 Å². The molecule has 0 bridgehead atoms. The number of benzene rings is 1. The summed E-state index contributed by atoms with van der Waals surface area (Å²) in [6.45, 7) is 0.395. The Morgan fingerprint density at radius 3 is 2.88 bits per heavy atom. The molecule has 0 unspecified atom stereocenters. The number of carbonyl (C=O) groups excluding carboxylic acids is 1. The Morgan fingerprint density at radius 1 is 1.44 bits per heavy atom. The fraction of sp³-hybridized carbons (Fsp3) is 0.364. The lowest BCUT2D eigenvalue weighted by Gasteiger charge is -2.09.